The van der Waals surface area contributed by atoms with Crippen molar-refractivity contribution in [3.8, 4) is 6.07 Å². The van der Waals surface area contributed by atoms with E-state index in [1.165, 1.54) is 12.3 Å². The molecule has 0 aliphatic heterocycles. The molecule has 0 aliphatic carbocycles. The number of sulfonamides is 1. The summed E-state index contributed by atoms with van der Waals surface area (Å²) in [5.74, 6) is 0.228. The van der Waals surface area contributed by atoms with E-state index in [0.29, 0.717) is 0 Å². The fourth-order valence-corrected chi connectivity index (χ4v) is 2.15. The Bertz CT molecular complexity index is 450. The summed E-state index contributed by atoms with van der Waals surface area (Å²) in [5.41, 5.74) is 0. The maximum absolute atomic E-state index is 11.6. The average molecular weight is 225 g/mol. The van der Waals surface area contributed by atoms with Crippen LogP contribution in [0.5, 0.6) is 0 Å². The summed E-state index contributed by atoms with van der Waals surface area (Å²) in [4.78, 5) is 3.82. The Morgan fingerprint density at radius 3 is 2.80 bits per heavy atom. The Hall–Kier alpha value is -1.61. The summed E-state index contributed by atoms with van der Waals surface area (Å²) in [7, 11) is -3.65. The molecule has 0 amide bonds. The molecule has 1 heterocycles. The van der Waals surface area contributed by atoms with Crippen molar-refractivity contribution in [1.82, 2.24) is 4.98 Å². The molecule has 5 nitrogen and oxygen atoms in total. The zero-order chi connectivity index (χ0) is 11.3. The highest BCUT2D eigenvalue weighted by molar-refractivity contribution is 7.93. The molecule has 1 aromatic heterocycles. The molecule has 1 N–H and O–H groups in total. The second-order valence-electron chi connectivity index (χ2n) is 2.89. The van der Waals surface area contributed by atoms with Gasteiger partial charge in [0.15, 0.2) is 5.25 Å². The van der Waals surface area contributed by atoms with Gasteiger partial charge in [0.1, 0.15) is 5.82 Å². The maximum Gasteiger partial charge on any atom is 0.250 e. The number of aromatic nitrogens is 1. The normalized spacial score (nSPS) is 12.8. The Kier molecular flexibility index (Phi) is 3.63. The second kappa shape index (κ2) is 4.75. The first-order valence-electron chi connectivity index (χ1n) is 4.42. The van der Waals surface area contributed by atoms with Gasteiger partial charge in [0.25, 0.3) is 0 Å². The van der Waals surface area contributed by atoms with E-state index in [-0.39, 0.29) is 12.2 Å². The second-order valence-corrected chi connectivity index (χ2v) is 4.75. The van der Waals surface area contributed by atoms with Crippen LogP contribution in [0, 0.1) is 11.3 Å². The minimum atomic E-state index is -3.65. The maximum atomic E-state index is 11.6. The van der Waals surface area contributed by atoms with Gasteiger partial charge in [-0.15, -0.1) is 0 Å². The lowest BCUT2D eigenvalue weighted by Gasteiger charge is -2.09. The van der Waals surface area contributed by atoms with E-state index in [9.17, 15) is 8.42 Å². The Morgan fingerprint density at radius 1 is 1.60 bits per heavy atom. The number of nitrogens with zero attached hydrogens (tertiary/aromatic N) is 2. The first kappa shape index (κ1) is 11.5. The first-order chi connectivity index (χ1) is 7.10. The standard InChI is InChI=1S/C9H11N3O2S/c1-2-8(7-10)15(13,14)12-9-5-3-4-6-11-9/h3-6,8H,2H2,1H3,(H,11,12). The molecule has 0 aromatic carbocycles. The van der Waals surface area contributed by atoms with Crippen LogP contribution in [-0.4, -0.2) is 18.7 Å². The highest BCUT2D eigenvalue weighted by atomic mass is 32.2. The number of rotatable bonds is 4. The van der Waals surface area contributed by atoms with Crippen LogP contribution in [0.1, 0.15) is 13.3 Å². The number of hydrogen-bond donors (Lipinski definition) is 1. The highest BCUT2D eigenvalue weighted by Gasteiger charge is 2.23. The molecule has 6 heteroatoms. The molecule has 80 valence electrons. The van der Waals surface area contributed by atoms with Crippen LogP contribution in [0.15, 0.2) is 24.4 Å². The lowest BCUT2D eigenvalue weighted by atomic mass is 10.4. The van der Waals surface area contributed by atoms with E-state index >= 15 is 0 Å². The number of nitrogens with one attached hydrogen (secondary N) is 1. The lowest BCUT2D eigenvalue weighted by molar-refractivity contribution is 0.592. The quantitative estimate of drug-likeness (QED) is 0.832. The van der Waals surface area contributed by atoms with Crippen LogP contribution < -0.4 is 4.72 Å². The number of nitriles is 1. The van der Waals surface area contributed by atoms with Crippen molar-refractivity contribution in [3.05, 3.63) is 24.4 Å². The summed E-state index contributed by atoms with van der Waals surface area (Å²) in [6.45, 7) is 1.64. The number of hydrogen-bond acceptors (Lipinski definition) is 4. The van der Waals surface area contributed by atoms with Crippen molar-refractivity contribution >= 4 is 15.8 Å². The van der Waals surface area contributed by atoms with Gasteiger partial charge in [0.2, 0.25) is 10.0 Å². The van der Waals surface area contributed by atoms with Gasteiger partial charge in [-0.05, 0) is 18.6 Å². The lowest BCUT2D eigenvalue weighted by Crippen LogP contribution is -2.26. The summed E-state index contributed by atoms with van der Waals surface area (Å²) < 4.78 is 25.4. The Labute approximate surface area is 88.8 Å². The molecule has 1 unspecified atom stereocenters. The fraction of sp³-hybridized carbons (Fsp3) is 0.333. The minimum absolute atomic E-state index is 0.228. The molecule has 1 aromatic rings. The molecule has 1 rings (SSSR count). The van der Waals surface area contributed by atoms with Crippen LogP contribution in [0.25, 0.3) is 0 Å². The third kappa shape index (κ3) is 2.92. The van der Waals surface area contributed by atoms with Gasteiger partial charge in [0.05, 0.1) is 6.07 Å². The Balaban J connectivity index is 2.87. The molecular weight excluding hydrogens is 214 g/mol. The van der Waals surface area contributed by atoms with Crippen LogP contribution in [0.2, 0.25) is 0 Å². The van der Waals surface area contributed by atoms with E-state index in [1.54, 1.807) is 25.1 Å². The van der Waals surface area contributed by atoms with Crippen molar-refractivity contribution in [2.24, 2.45) is 0 Å². The molecule has 0 bridgehead atoms. The van der Waals surface area contributed by atoms with Crippen molar-refractivity contribution in [2.75, 3.05) is 4.72 Å². The van der Waals surface area contributed by atoms with Gasteiger partial charge in [-0.2, -0.15) is 5.26 Å². The zero-order valence-electron chi connectivity index (χ0n) is 8.21. The van der Waals surface area contributed by atoms with Crippen LogP contribution >= 0.6 is 0 Å². The summed E-state index contributed by atoms with van der Waals surface area (Å²) >= 11 is 0. The van der Waals surface area contributed by atoms with Gasteiger partial charge in [0, 0.05) is 6.20 Å². The van der Waals surface area contributed by atoms with Crippen molar-refractivity contribution in [3.63, 3.8) is 0 Å². The third-order valence-corrected chi connectivity index (χ3v) is 3.48. The van der Waals surface area contributed by atoms with E-state index in [0.717, 1.165) is 0 Å². The Morgan fingerprint density at radius 2 is 2.33 bits per heavy atom. The first-order valence-corrected chi connectivity index (χ1v) is 5.97. The average Bonchev–Trinajstić information content (AvgIpc) is 2.19. The molecule has 0 saturated heterocycles. The molecule has 15 heavy (non-hydrogen) atoms. The topological polar surface area (TPSA) is 82.8 Å². The summed E-state index contributed by atoms with van der Waals surface area (Å²) in [6.07, 6.45) is 1.73. The SMILES string of the molecule is CCC(C#N)S(=O)(=O)Nc1ccccn1. The van der Waals surface area contributed by atoms with Crippen LogP contribution in [-0.2, 0) is 10.0 Å². The zero-order valence-corrected chi connectivity index (χ0v) is 9.03. The van der Waals surface area contributed by atoms with Crippen LogP contribution in [0.4, 0.5) is 5.82 Å². The van der Waals surface area contributed by atoms with E-state index in [1.807, 2.05) is 0 Å². The molecule has 0 fully saturated rings. The summed E-state index contributed by atoms with van der Waals surface area (Å²) in [5, 5.41) is 7.61. The smallest absolute Gasteiger partial charge is 0.250 e. The van der Waals surface area contributed by atoms with Gasteiger partial charge >= 0.3 is 0 Å². The molecular formula is C9H11N3O2S. The molecule has 0 aliphatic rings. The molecule has 1 atom stereocenters. The van der Waals surface area contributed by atoms with Crippen molar-refractivity contribution < 1.29 is 8.42 Å². The predicted octanol–water partition coefficient (Wildman–Crippen LogP) is 1.13. The fourth-order valence-electron chi connectivity index (χ4n) is 1.02. The number of anilines is 1. The van der Waals surface area contributed by atoms with Gasteiger partial charge in [-0.25, -0.2) is 13.4 Å². The molecule has 0 saturated carbocycles. The van der Waals surface area contributed by atoms with Crippen molar-refractivity contribution in [1.29, 1.82) is 5.26 Å². The third-order valence-electron chi connectivity index (χ3n) is 1.80. The summed E-state index contributed by atoms with van der Waals surface area (Å²) in [6, 6.07) is 6.61. The molecule has 0 spiro atoms. The highest BCUT2D eigenvalue weighted by Crippen LogP contribution is 2.10. The van der Waals surface area contributed by atoms with E-state index in [4.69, 9.17) is 5.26 Å². The van der Waals surface area contributed by atoms with Gasteiger partial charge in [-0.1, -0.05) is 13.0 Å². The van der Waals surface area contributed by atoms with E-state index < -0.39 is 15.3 Å². The van der Waals surface area contributed by atoms with Crippen LogP contribution in [0.3, 0.4) is 0 Å². The predicted molar refractivity (Wildman–Crippen MR) is 56.5 cm³/mol. The van der Waals surface area contributed by atoms with E-state index in [2.05, 4.69) is 9.71 Å². The monoisotopic (exact) mass is 225 g/mol. The number of pyridine rings is 1. The minimum Gasteiger partial charge on any atom is -0.266 e. The van der Waals surface area contributed by atoms with Crippen molar-refractivity contribution in [2.45, 2.75) is 18.6 Å². The van der Waals surface area contributed by atoms with Gasteiger partial charge < -0.3 is 0 Å². The molecule has 0 radical (unpaired) electrons. The van der Waals surface area contributed by atoms with Gasteiger partial charge in [-0.3, -0.25) is 4.72 Å². The largest absolute Gasteiger partial charge is 0.266 e.